The molecule has 6 nitrogen and oxygen atoms in total. The maximum Gasteiger partial charge on any atom is 0.324 e. The molecule has 1 N–H and O–H groups in total. The normalized spacial score (nSPS) is 12.6. The van der Waals surface area contributed by atoms with Gasteiger partial charge in [0.05, 0.1) is 5.75 Å². The molecule has 0 aromatic carbocycles. The van der Waals surface area contributed by atoms with Gasteiger partial charge in [-0.2, -0.15) is 4.31 Å². The number of carboxylic acid groups (broad SMARTS) is 1. The molecular weight excluding hydrogens is 268 g/mol. The molecule has 1 rings (SSSR count). The van der Waals surface area contributed by atoms with Gasteiger partial charge in [0.15, 0.2) is 0 Å². The van der Waals surface area contributed by atoms with Crippen LogP contribution >= 0.6 is 0 Å². The van der Waals surface area contributed by atoms with Crippen LogP contribution in [0, 0.1) is 0 Å². The van der Waals surface area contributed by atoms with E-state index in [1.165, 1.54) is 20.9 Å². The Hall–Kier alpha value is -1.47. The number of aryl methyl sites for hydroxylation is 1. The van der Waals surface area contributed by atoms with Gasteiger partial charge in [0, 0.05) is 25.4 Å². The average Bonchev–Trinajstić information content (AvgIpc) is 2.36. The number of aliphatic carboxylic acids is 1. The third-order valence-electron chi connectivity index (χ3n) is 3.07. The molecule has 0 saturated carbocycles. The molecule has 1 heterocycles. The van der Waals surface area contributed by atoms with E-state index in [4.69, 9.17) is 5.11 Å². The van der Waals surface area contributed by atoms with E-state index in [9.17, 15) is 13.2 Å². The van der Waals surface area contributed by atoms with Gasteiger partial charge in [0.1, 0.15) is 5.54 Å². The van der Waals surface area contributed by atoms with Gasteiger partial charge in [0.25, 0.3) is 0 Å². The van der Waals surface area contributed by atoms with Crippen molar-refractivity contribution < 1.29 is 18.3 Å². The Balaban J connectivity index is 2.79. The topological polar surface area (TPSA) is 87.6 Å². The fraction of sp³-hybridized carbons (Fsp3) is 0.500. The number of likely N-dealkylation sites (N-methyl/N-ethyl adjacent to an activating group) is 1. The monoisotopic (exact) mass is 286 g/mol. The quantitative estimate of drug-likeness (QED) is 0.833. The van der Waals surface area contributed by atoms with Crippen LogP contribution in [0.3, 0.4) is 0 Å². The summed E-state index contributed by atoms with van der Waals surface area (Å²) in [7, 11) is -2.37. The summed E-state index contributed by atoms with van der Waals surface area (Å²) >= 11 is 0. The molecule has 106 valence electrons. The van der Waals surface area contributed by atoms with Gasteiger partial charge in [-0.3, -0.25) is 9.78 Å². The van der Waals surface area contributed by atoms with Gasteiger partial charge in [0.2, 0.25) is 10.0 Å². The maximum absolute atomic E-state index is 12.1. The van der Waals surface area contributed by atoms with E-state index in [1.54, 1.807) is 24.4 Å². The van der Waals surface area contributed by atoms with Gasteiger partial charge in [-0.05, 0) is 26.0 Å². The van der Waals surface area contributed by atoms with Crippen molar-refractivity contribution in [2.45, 2.75) is 25.8 Å². The Labute approximate surface area is 113 Å². The van der Waals surface area contributed by atoms with Crippen LogP contribution in [0.5, 0.6) is 0 Å². The van der Waals surface area contributed by atoms with Gasteiger partial charge < -0.3 is 5.11 Å². The van der Waals surface area contributed by atoms with Crippen LogP contribution in [-0.2, 0) is 21.2 Å². The molecule has 0 spiro atoms. The molecule has 0 atom stereocenters. The van der Waals surface area contributed by atoms with Gasteiger partial charge >= 0.3 is 5.97 Å². The lowest BCUT2D eigenvalue weighted by Gasteiger charge is -2.30. The Kier molecular flexibility index (Phi) is 4.65. The first kappa shape index (κ1) is 15.6. The highest BCUT2D eigenvalue weighted by atomic mass is 32.2. The molecule has 1 aromatic rings. The molecule has 0 aliphatic heterocycles. The highest BCUT2D eigenvalue weighted by Crippen LogP contribution is 2.17. The second-order valence-corrected chi connectivity index (χ2v) is 6.84. The van der Waals surface area contributed by atoms with Crippen molar-refractivity contribution in [1.82, 2.24) is 9.29 Å². The third kappa shape index (κ3) is 3.74. The zero-order chi connectivity index (χ0) is 14.7. The Morgan fingerprint density at radius 1 is 1.42 bits per heavy atom. The molecule has 0 aliphatic carbocycles. The van der Waals surface area contributed by atoms with Crippen LogP contribution < -0.4 is 0 Å². The number of aromatic nitrogens is 1. The molecule has 0 bridgehead atoms. The number of hydrogen-bond donors (Lipinski definition) is 1. The van der Waals surface area contributed by atoms with Crippen LogP contribution in [0.4, 0.5) is 0 Å². The number of nitrogens with zero attached hydrogens (tertiary/aromatic N) is 2. The zero-order valence-electron chi connectivity index (χ0n) is 11.2. The maximum atomic E-state index is 12.1. The first-order valence-corrected chi connectivity index (χ1v) is 7.39. The van der Waals surface area contributed by atoms with E-state index in [-0.39, 0.29) is 12.2 Å². The van der Waals surface area contributed by atoms with E-state index in [0.717, 1.165) is 4.31 Å². The molecule has 0 radical (unpaired) electrons. The minimum atomic E-state index is -3.65. The highest BCUT2D eigenvalue weighted by molar-refractivity contribution is 7.89. The van der Waals surface area contributed by atoms with Crippen LogP contribution in [0.15, 0.2) is 24.4 Å². The first-order chi connectivity index (χ1) is 8.68. The smallest absolute Gasteiger partial charge is 0.324 e. The van der Waals surface area contributed by atoms with Crippen molar-refractivity contribution in [3.8, 4) is 0 Å². The van der Waals surface area contributed by atoms with Gasteiger partial charge in [-0.15, -0.1) is 0 Å². The van der Waals surface area contributed by atoms with E-state index in [0.29, 0.717) is 5.69 Å². The van der Waals surface area contributed by atoms with E-state index >= 15 is 0 Å². The molecule has 19 heavy (non-hydrogen) atoms. The number of sulfonamides is 1. The molecular formula is C12H18N2O4S. The van der Waals surface area contributed by atoms with E-state index < -0.39 is 21.5 Å². The van der Waals surface area contributed by atoms with Crippen molar-refractivity contribution >= 4 is 16.0 Å². The fourth-order valence-electron chi connectivity index (χ4n) is 1.40. The SMILES string of the molecule is CN(C(C)(C)C(=O)O)S(=O)(=O)CCc1ccccn1. The third-order valence-corrected chi connectivity index (χ3v) is 5.08. The van der Waals surface area contributed by atoms with Crippen LogP contribution in [0.1, 0.15) is 19.5 Å². The zero-order valence-corrected chi connectivity index (χ0v) is 12.0. The summed E-state index contributed by atoms with van der Waals surface area (Å²) in [5.41, 5.74) is -0.809. The predicted octanol–water partition coefficient (Wildman–Crippen LogP) is 0.749. The second-order valence-electron chi connectivity index (χ2n) is 4.72. The van der Waals surface area contributed by atoms with Crippen LogP contribution in [-0.4, -0.2) is 47.1 Å². The summed E-state index contributed by atoms with van der Waals surface area (Å²) in [4.78, 5) is 15.1. The standard InChI is InChI=1S/C12H18N2O4S/c1-12(2,11(15)16)14(3)19(17,18)9-7-10-6-4-5-8-13-10/h4-6,8H,7,9H2,1-3H3,(H,15,16). The van der Waals surface area contributed by atoms with Crippen LogP contribution in [0.25, 0.3) is 0 Å². The minimum Gasteiger partial charge on any atom is -0.480 e. The second kappa shape index (κ2) is 5.66. The van der Waals surface area contributed by atoms with Crippen molar-refractivity contribution in [2.24, 2.45) is 0 Å². The Bertz CT molecular complexity index is 540. The number of carbonyl (C=O) groups is 1. The van der Waals surface area contributed by atoms with Crippen molar-refractivity contribution in [1.29, 1.82) is 0 Å². The van der Waals surface area contributed by atoms with Gasteiger partial charge in [-0.1, -0.05) is 6.07 Å². The largest absolute Gasteiger partial charge is 0.480 e. The molecule has 7 heteroatoms. The molecule has 0 saturated heterocycles. The number of carboxylic acids is 1. The summed E-state index contributed by atoms with van der Waals surface area (Å²) in [6.45, 7) is 2.71. The Morgan fingerprint density at radius 2 is 2.05 bits per heavy atom. The van der Waals surface area contributed by atoms with Crippen LogP contribution in [0.2, 0.25) is 0 Å². The summed E-state index contributed by atoms with van der Waals surface area (Å²) in [6, 6.07) is 5.26. The summed E-state index contributed by atoms with van der Waals surface area (Å²) in [5.74, 6) is -1.35. The van der Waals surface area contributed by atoms with Gasteiger partial charge in [-0.25, -0.2) is 8.42 Å². The predicted molar refractivity (Wildman–Crippen MR) is 71.2 cm³/mol. The number of rotatable bonds is 6. The fourth-order valence-corrected chi connectivity index (χ4v) is 2.91. The van der Waals surface area contributed by atoms with Crippen molar-refractivity contribution in [3.05, 3.63) is 30.1 Å². The molecule has 1 aromatic heterocycles. The first-order valence-electron chi connectivity index (χ1n) is 5.78. The molecule has 0 aliphatic rings. The van der Waals surface area contributed by atoms with Crippen molar-refractivity contribution in [3.63, 3.8) is 0 Å². The van der Waals surface area contributed by atoms with E-state index in [2.05, 4.69) is 4.98 Å². The summed E-state index contributed by atoms with van der Waals surface area (Å²) < 4.78 is 25.1. The highest BCUT2D eigenvalue weighted by Gasteiger charge is 2.38. The lowest BCUT2D eigenvalue weighted by molar-refractivity contribution is -0.145. The minimum absolute atomic E-state index is 0.169. The summed E-state index contributed by atoms with van der Waals surface area (Å²) in [6.07, 6.45) is 1.84. The summed E-state index contributed by atoms with van der Waals surface area (Å²) in [5, 5.41) is 9.04. The molecule has 0 fully saturated rings. The molecule has 0 unspecified atom stereocenters. The average molecular weight is 286 g/mol. The lowest BCUT2D eigenvalue weighted by atomic mass is 10.1. The number of pyridine rings is 1. The van der Waals surface area contributed by atoms with E-state index in [1.807, 2.05) is 0 Å². The molecule has 0 amide bonds. The number of hydrogen-bond acceptors (Lipinski definition) is 4. The lowest BCUT2D eigenvalue weighted by Crippen LogP contribution is -2.51. The Morgan fingerprint density at radius 3 is 2.53 bits per heavy atom. The van der Waals surface area contributed by atoms with Crippen molar-refractivity contribution in [2.75, 3.05) is 12.8 Å².